The van der Waals surface area contributed by atoms with Crippen molar-refractivity contribution >= 4 is 16.1 Å². The number of nitrogens with one attached hydrogen (secondary N) is 1. The molecule has 0 aliphatic carbocycles. The van der Waals surface area contributed by atoms with E-state index < -0.39 is 10.2 Å². The second-order valence-corrected chi connectivity index (χ2v) is 9.31. The lowest BCUT2D eigenvalue weighted by molar-refractivity contribution is -0.126. The summed E-state index contributed by atoms with van der Waals surface area (Å²) in [5.41, 5.74) is 1.29. The molecular formula is C19H31N3O3S. The average molecular weight is 382 g/mol. The number of hydrogen-bond acceptors (Lipinski definition) is 3. The molecule has 146 valence electrons. The van der Waals surface area contributed by atoms with Gasteiger partial charge < -0.3 is 5.32 Å². The number of carbonyl (C=O) groups excluding carboxylic acids is 1. The van der Waals surface area contributed by atoms with Crippen molar-refractivity contribution in [2.24, 2.45) is 11.8 Å². The van der Waals surface area contributed by atoms with Crippen LogP contribution in [0.1, 0.15) is 31.7 Å². The normalized spacial score (nSPS) is 18.0. The van der Waals surface area contributed by atoms with Gasteiger partial charge in [0, 0.05) is 39.6 Å². The van der Waals surface area contributed by atoms with E-state index in [4.69, 9.17) is 0 Å². The van der Waals surface area contributed by atoms with Gasteiger partial charge in [-0.1, -0.05) is 43.7 Å². The van der Waals surface area contributed by atoms with Gasteiger partial charge in [-0.05, 0) is 30.7 Å². The minimum absolute atomic E-state index is 0.0541. The highest BCUT2D eigenvalue weighted by molar-refractivity contribution is 7.86. The van der Waals surface area contributed by atoms with Gasteiger partial charge in [0.2, 0.25) is 5.91 Å². The van der Waals surface area contributed by atoms with E-state index in [-0.39, 0.29) is 11.8 Å². The summed E-state index contributed by atoms with van der Waals surface area (Å²) < 4.78 is 27.0. The summed E-state index contributed by atoms with van der Waals surface area (Å²) in [6.45, 7) is 3.62. The Bertz CT molecular complexity index is 669. The van der Waals surface area contributed by atoms with Gasteiger partial charge in [-0.3, -0.25) is 4.79 Å². The molecule has 0 unspecified atom stereocenters. The van der Waals surface area contributed by atoms with E-state index in [9.17, 15) is 13.2 Å². The maximum absolute atomic E-state index is 12.5. The summed E-state index contributed by atoms with van der Waals surface area (Å²) in [4.78, 5) is 12.5. The smallest absolute Gasteiger partial charge is 0.281 e. The molecule has 1 saturated heterocycles. The van der Waals surface area contributed by atoms with Gasteiger partial charge >= 0.3 is 0 Å². The molecule has 0 saturated carbocycles. The van der Waals surface area contributed by atoms with Crippen LogP contribution < -0.4 is 5.32 Å². The van der Waals surface area contributed by atoms with Gasteiger partial charge in [0.25, 0.3) is 10.2 Å². The molecule has 0 bridgehead atoms. The third-order valence-electron chi connectivity index (χ3n) is 5.12. The second-order valence-electron chi connectivity index (χ2n) is 7.17. The van der Waals surface area contributed by atoms with Gasteiger partial charge in [0.1, 0.15) is 0 Å². The fourth-order valence-corrected chi connectivity index (χ4v) is 4.41. The molecule has 1 fully saturated rings. The Kier molecular flexibility index (Phi) is 7.61. The number of amides is 1. The second kappa shape index (κ2) is 9.48. The molecule has 1 aromatic carbocycles. The van der Waals surface area contributed by atoms with Crippen molar-refractivity contribution in [1.29, 1.82) is 0 Å². The summed E-state index contributed by atoms with van der Waals surface area (Å²) >= 11 is 0. The molecule has 1 heterocycles. The first kappa shape index (κ1) is 20.9. The number of nitrogens with zero attached hydrogens (tertiary/aromatic N) is 2. The summed E-state index contributed by atoms with van der Waals surface area (Å²) in [6, 6.07) is 10.3. The summed E-state index contributed by atoms with van der Waals surface area (Å²) in [5, 5.41) is 3.08. The van der Waals surface area contributed by atoms with Crippen LogP contribution in [0.2, 0.25) is 0 Å². The topological polar surface area (TPSA) is 69.7 Å². The number of rotatable bonds is 8. The van der Waals surface area contributed by atoms with Crippen molar-refractivity contribution in [2.45, 2.75) is 32.6 Å². The molecule has 1 atom stereocenters. The molecule has 1 amide bonds. The molecule has 0 radical (unpaired) electrons. The lowest BCUT2D eigenvalue weighted by Gasteiger charge is -2.32. The Morgan fingerprint density at radius 2 is 1.85 bits per heavy atom. The first-order chi connectivity index (χ1) is 12.3. The van der Waals surface area contributed by atoms with Crippen LogP contribution in [0.5, 0.6) is 0 Å². The van der Waals surface area contributed by atoms with Crippen LogP contribution >= 0.6 is 0 Å². The lowest BCUT2D eigenvalue weighted by Crippen LogP contribution is -2.47. The number of piperidine rings is 1. The molecule has 7 heteroatoms. The van der Waals surface area contributed by atoms with Crippen LogP contribution in [0.4, 0.5) is 0 Å². The zero-order valence-corrected chi connectivity index (χ0v) is 16.8. The van der Waals surface area contributed by atoms with Crippen molar-refractivity contribution < 1.29 is 13.2 Å². The minimum Gasteiger partial charge on any atom is -0.356 e. The maximum atomic E-state index is 12.5. The lowest BCUT2D eigenvalue weighted by atomic mass is 9.95. The third kappa shape index (κ3) is 5.53. The van der Waals surface area contributed by atoms with Crippen LogP contribution in [-0.4, -0.2) is 56.7 Å². The van der Waals surface area contributed by atoms with Crippen molar-refractivity contribution in [1.82, 2.24) is 13.9 Å². The molecule has 0 aromatic heterocycles. The van der Waals surface area contributed by atoms with Crippen LogP contribution in [0.15, 0.2) is 30.3 Å². The molecule has 26 heavy (non-hydrogen) atoms. The Balaban J connectivity index is 1.79. The standard InChI is InChI=1S/C19H31N3O3S/c1-4-16(14-17-8-6-5-7-9-17)15-20-19(23)18-10-12-22(13-11-18)26(24,25)21(2)3/h5-9,16,18H,4,10-15H2,1-3H3,(H,20,23)/t16-/m1/s1. The quantitative estimate of drug-likeness (QED) is 0.748. The predicted molar refractivity (Wildman–Crippen MR) is 104 cm³/mol. The molecule has 6 nitrogen and oxygen atoms in total. The van der Waals surface area contributed by atoms with Gasteiger partial charge in [-0.2, -0.15) is 17.0 Å². The predicted octanol–water partition coefficient (Wildman–Crippen LogP) is 1.89. The maximum Gasteiger partial charge on any atom is 0.281 e. The highest BCUT2D eigenvalue weighted by Gasteiger charge is 2.32. The Labute approximate surface area is 157 Å². The fourth-order valence-electron chi connectivity index (χ4n) is 3.28. The Morgan fingerprint density at radius 1 is 1.23 bits per heavy atom. The molecule has 0 spiro atoms. The fraction of sp³-hybridized carbons (Fsp3) is 0.632. The Hall–Kier alpha value is -1.44. The van der Waals surface area contributed by atoms with Gasteiger partial charge in [0.15, 0.2) is 0 Å². The van der Waals surface area contributed by atoms with Gasteiger partial charge in [-0.15, -0.1) is 0 Å². The highest BCUT2D eigenvalue weighted by Crippen LogP contribution is 2.21. The van der Waals surface area contributed by atoms with E-state index >= 15 is 0 Å². The van der Waals surface area contributed by atoms with Crippen LogP contribution in [-0.2, 0) is 21.4 Å². The monoisotopic (exact) mass is 381 g/mol. The van der Waals surface area contributed by atoms with E-state index in [0.717, 1.165) is 12.8 Å². The van der Waals surface area contributed by atoms with E-state index in [2.05, 4.69) is 24.4 Å². The molecule has 2 rings (SSSR count). The van der Waals surface area contributed by atoms with Crippen LogP contribution in [0.25, 0.3) is 0 Å². The molecule has 1 aliphatic heterocycles. The molecule has 1 aromatic rings. The molecule has 1 N–H and O–H groups in total. The zero-order valence-electron chi connectivity index (χ0n) is 16.0. The largest absolute Gasteiger partial charge is 0.356 e. The third-order valence-corrected chi connectivity index (χ3v) is 7.06. The highest BCUT2D eigenvalue weighted by atomic mass is 32.2. The van der Waals surface area contributed by atoms with Crippen molar-refractivity contribution in [3.63, 3.8) is 0 Å². The van der Waals surface area contributed by atoms with Crippen LogP contribution in [0.3, 0.4) is 0 Å². The van der Waals surface area contributed by atoms with Crippen LogP contribution in [0, 0.1) is 11.8 Å². The zero-order chi connectivity index (χ0) is 19.2. The number of hydrogen-bond donors (Lipinski definition) is 1. The van der Waals surface area contributed by atoms with E-state index in [1.54, 1.807) is 0 Å². The SMILES string of the molecule is CC[C@@H](CNC(=O)C1CCN(S(=O)(=O)N(C)C)CC1)Cc1ccccc1. The number of benzene rings is 1. The summed E-state index contributed by atoms with van der Waals surface area (Å²) in [5.74, 6) is 0.367. The Morgan fingerprint density at radius 3 is 2.38 bits per heavy atom. The summed E-state index contributed by atoms with van der Waals surface area (Å²) in [7, 11) is -0.311. The number of carbonyl (C=O) groups is 1. The van der Waals surface area contributed by atoms with E-state index in [0.29, 0.717) is 38.4 Å². The van der Waals surface area contributed by atoms with E-state index in [1.165, 1.54) is 28.3 Å². The van der Waals surface area contributed by atoms with Gasteiger partial charge in [-0.25, -0.2) is 0 Å². The first-order valence-corrected chi connectivity index (χ1v) is 10.7. The van der Waals surface area contributed by atoms with Gasteiger partial charge in [0.05, 0.1) is 0 Å². The molecular weight excluding hydrogens is 350 g/mol. The minimum atomic E-state index is -3.38. The van der Waals surface area contributed by atoms with E-state index in [1.807, 2.05) is 18.2 Å². The average Bonchev–Trinajstić information content (AvgIpc) is 2.65. The van der Waals surface area contributed by atoms with Crippen molar-refractivity contribution in [3.8, 4) is 0 Å². The van der Waals surface area contributed by atoms with Crippen molar-refractivity contribution in [3.05, 3.63) is 35.9 Å². The molecule has 1 aliphatic rings. The first-order valence-electron chi connectivity index (χ1n) is 9.33. The summed E-state index contributed by atoms with van der Waals surface area (Å²) in [6.07, 6.45) is 3.12. The van der Waals surface area contributed by atoms with Crippen molar-refractivity contribution in [2.75, 3.05) is 33.7 Å².